The number of nitrogens with zero attached hydrogens (tertiary/aromatic N) is 4. The van der Waals surface area contributed by atoms with Gasteiger partial charge in [0.15, 0.2) is 0 Å². The molecule has 0 aliphatic carbocycles. The minimum atomic E-state index is -1.49. The zero-order valence-electron chi connectivity index (χ0n) is 18.4. The number of aliphatic hydroxyl groups is 1. The lowest BCUT2D eigenvalue weighted by atomic mass is 9.81. The molecule has 0 saturated carbocycles. The normalized spacial score (nSPS) is 28.9. The number of benzene rings is 2. The molecule has 3 aliphatic heterocycles. The van der Waals surface area contributed by atoms with E-state index < -0.39 is 23.9 Å². The monoisotopic (exact) mass is 444 g/mol. The summed E-state index contributed by atoms with van der Waals surface area (Å²) in [6, 6.07) is 12.6. The van der Waals surface area contributed by atoms with Gasteiger partial charge in [0, 0.05) is 12.0 Å². The highest BCUT2D eigenvalue weighted by atomic mass is 16.3. The molecule has 4 heterocycles. The minimum absolute atomic E-state index is 0.0130. The van der Waals surface area contributed by atoms with Gasteiger partial charge in [0.1, 0.15) is 23.9 Å². The van der Waals surface area contributed by atoms with E-state index in [1.165, 1.54) is 15.8 Å². The highest BCUT2D eigenvalue weighted by molar-refractivity contribution is 6.07. The van der Waals surface area contributed by atoms with Crippen LogP contribution in [0.25, 0.3) is 10.9 Å². The number of rotatable bonds is 3. The summed E-state index contributed by atoms with van der Waals surface area (Å²) in [5, 5.41) is 12.5. The number of fused-ring (bicyclic) bond motifs is 4. The Balaban J connectivity index is 1.57. The molecular weight excluding hydrogens is 420 g/mol. The third-order valence-electron chi connectivity index (χ3n) is 7.61. The number of carbonyl (C=O) groups excluding carboxylic acids is 2. The summed E-state index contributed by atoms with van der Waals surface area (Å²) in [6.45, 7) is 3.92. The number of hydrogen-bond donors (Lipinski definition) is 1. The summed E-state index contributed by atoms with van der Waals surface area (Å²) >= 11 is 0. The first-order chi connectivity index (χ1) is 15.9. The lowest BCUT2D eigenvalue weighted by Crippen LogP contribution is -2.62. The van der Waals surface area contributed by atoms with E-state index in [-0.39, 0.29) is 29.7 Å². The number of amides is 2. The Morgan fingerprint density at radius 3 is 2.61 bits per heavy atom. The molecule has 168 valence electrons. The van der Waals surface area contributed by atoms with Gasteiger partial charge < -0.3 is 10.0 Å². The van der Waals surface area contributed by atoms with E-state index in [4.69, 9.17) is 0 Å². The molecular formula is C25H24N4O4. The minimum Gasteiger partial charge on any atom is -0.381 e. The molecule has 5 atom stereocenters. The molecule has 2 aromatic carbocycles. The first-order valence-electron chi connectivity index (χ1n) is 11.3. The SMILES string of the molecule is CCC(C)C1C(=O)N2c3ccccc3C3(O)CC(n4cnc5ccccc5c4=O)C(=O)N1C23. The maximum atomic E-state index is 13.9. The zero-order chi connectivity index (χ0) is 23.1. The highest BCUT2D eigenvalue weighted by Crippen LogP contribution is 2.56. The van der Waals surface area contributed by atoms with Crippen molar-refractivity contribution in [1.82, 2.24) is 14.5 Å². The largest absolute Gasteiger partial charge is 0.381 e. The molecule has 2 saturated heterocycles. The Labute approximate surface area is 190 Å². The summed E-state index contributed by atoms with van der Waals surface area (Å²) in [6.07, 6.45) is 1.25. The summed E-state index contributed by atoms with van der Waals surface area (Å²) in [4.78, 5) is 48.4. The lowest BCUT2D eigenvalue weighted by molar-refractivity contribution is -0.160. The van der Waals surface area contributed by atoms with Gasteiger partial charge in [-0.1, -0.05) is 50.6 Å². The molecule has 6 rings (SSSR count). The van der Waals surface area contributed by atoms with E-state index in [0.717, 1.165) is 0 Å². The van der Waals surface area contributed by atoms with E-state index >= 15 is 0 Å². The van der Waals surface area contributed by atoms with Gasteiger partial charge in [-0.05, 0) is 24.1 Å². The first kappa shape index (κ1) is 20.1. The average Bonchev–Trinajstić information content (AvgIpc) is 3.29. The van der Waals surface area contributed by atoms with Crippen molar-refractivity contribution in [3.63, 3.8) is 0 Å². The van der Waals surface area contributed by atoms with Crippen LogP contribution in [0.3, 0.4) is 0 Å². The number of carbonyl (C=O) groups is 2. The van der Waals surface area contributed by atoms with Crippen LogP contribution in [0.1, 0.15) is 38.3 Å². The molecule has 5 unspecified atom stereocenters. The number of para-hydroxylation sites is 2. The van der Waals surface area contributed by atoms with Crippen molar-refractivity contribution in [3.05, 3.63) is 70.8 Å². The molecule has 3 aliphatic rings. The van der Waals surface area contributed by atoms with Crippen LogP contribution in [0, 0.1) is 5.92 Å². The van der Waals surface area contributed by atoms with E-state index in [2.05, 4.69) is 4.98 Å². The van der Waals surface area contributed by atoms with Crippen LogP contribution in [-0.2, 0) is 15.2 Å². The van der Waals surface area contributed by atoms with Gasteiger partial charge in [-0.25, -0.2) is 4.98 Å². The summed E-state index contributed by atoms with van der Waals surface area (Å²) in [5.74, 6) is -0.623. The van der Waals surface area contributed by atoms with E-state index in [0.29, 0.717) is 28.6 Å². The van der Waals surface area contributed by atoms with Crippen LogP contribution in [0.4, 0.5) is 5.69 Å². The molecule has 0 spiro atoms. The third-order valence-corrected chi connectivity index (χ3v) is 7.61. The topological polar surface area (TPSA) is 95.7 Å². The Morgan fingerprint density at radius 1 is 1.09 bits per heavy atom. The van der Waals surface area contributed by atoms with Gasteiger partial charge in [0.05, 0.1) is 22.9 Å². The van der Waals surface area contributed by atoms with Crippen molar-refractivity contribution < 1.29 is 14.7 Å². The van der Waals surface area contributed by atoms with Crippen LogP contribution < -0.4 is 10.5 Å². The smallest absolute Gasteiger partial charge is 0.261 e. The van der Waals surface area contributed by atoms with Crippen LogP contribution >= 0.6 is 0 Å². The molecule has 2 amide bonds. The van der Waals surface area contributed by atoms with Gasteiger partial charge in [0.2, 0.25) is 5.91 Å². The second kappa shape index (κ2) is 6.74. The molecule has 33 heavy (non-hydrogen) atoms. The molecule has 1 N–H and O–H groups in total. The van der Waals surface area contributed by atoms with Crippen molar-refractivity contribution in [2.45, 2.75) is 50.5 Å². The predicted molar refractivity (Wildman–Crippen MR) is 121 cm³/mol. The van der Waals surface area contributed by atoms with E-state index in [9.17, 15) is 19.5 Å². The second-order valence-electron chi connectivity index (χ2n) is 9.29. The van der Waals surface area contributed by atoms with Crippen LogP contribution in [0.15, 0.2) is 59.7 Å². The second-order valence-corrected chi connectivity index (χ2v) is 9.29. The molecule has 1 aromatic heterocycles. The molecule has 0 bridgehead atoms. The van der Waals surface area contributed by atoms with Gasteiger partial charge >= 0.3 is 0 Å². The molecule has 0 radical (unpaired) electrons. The fraction of sp³-hybridized carbons (Fsp3) is 0.360. The van der Waals surface area contributed by atoms with Crippen LogP contribution in [-0.4, -0.2) is 43.6 Å². The van der Waals surface area contributed by atoms with Crippen LogP contribution in [0.5, 0.6) is 0 Å². The standard InChI is InChI=1S/C25H24N4O4/c1-3-14(2)20-23(32)28-18-11-7-5-9-16(18)25(33)12-19(22(31)29(20)24(25)28)27-13-26-17-10-6-4-8-15(17)21(27)30/h4-11,13-14,19-20,24,33H,3,12H2,1-2H3. The maximum Gasteiger partial charge on any atom is 0.261 e. The number of aromatic nitrogens is 2. The Morgan fingerprint density at radius 2 is 1.82 bits per heavy atom. The lowest BCUT2D eigenvalue weighted by Gasteiger charge is -2.45. The van der Waals surface area contributed by atoms with Gasteiger partial charge in [-0.15, -0.1) is 0 Å². The van der Waals surface area contributed by atoms with Crippen molar-refractivity contribution in [3.8, 4) is 0 Å². The van der Waals surface area contributed by atoms with Crippen molar-refractivity contribution in [2.75, 3.05) is 4.90 Å². The van der Waals surface area contributed by atoms with E-state index in [1.807, 2.05) is 32.0 Å². The quantitative estimate of drug-likeness (QED) is 0.668. The summed E-state index contributed by atoms with van der Waals surface area (Å²) in [5.41, 5.74) is -0.0453. The average molecular weight is 444 g/mol. The van der Waals surface area contributed by atoms with Crippen molar-refractivity contribution in [1.29, 1.82) is 0 Å². The molecule has 3 aromatic rings. The predicted octanol–water partition coefficient (Wildman–Crippen LogP) is 2.16. The van der Waals surface area contributed by atoms with Crippen LogP contribution in [0.2, 0.25) is 0 Å². The molecule has 8 nitrogen and oxygen atoms in total. The first-order valence-corrected chi connectivity index (χ1v) is 11.3. The highest BCUT2D eigenvalue weighted by Gasteiger charge is 2.67. The number of hydrogen-bond acceptors (Lipinski definition) is 5. The van der Waals surface area contributed by atoms with Crippen molar-refractivity contribution in [2.24, 2.45) is 5.92 Å². The number of piperidine rings is 1. The van der Waals surface area contributed by atoms with E-state index in [1.54, 1.807) is 35.2 Å². The van der Waals surface area contributed by atoms with Crippen molar-refractivity contribution >= 4 is 28.4 Å². The van der Waals surface area contributed by atoms with Gasteiger partial charge in [-0.2, -0.15) is 0 Å². The van der Waals surface area contributed by atoms with Gasteiger partial charge in [0.25, 0.3) is 11.5 Å². The summed E-state index contributed by atoms with van der Waals surface area (Å²) in [7, 11) is 0. The van der Waals surface area contributed by atoms with Gasteiger partial charge in [-0.3, -0.25) is 23.9 Å². The Hall–Kier alpha value is -3.52. The molecule has 2 fully saturated rings. The Kier molecular flexibility index (Phi) is 4.11. The fourth-order valence-corrected chi connectivity index (χ4v) is 5.83. The summed E-state index contributed by atoms with van der Waals surface area (Å²) < 4.78 is 1.32. The maximum absolute atomic E-state index is 13.9. The zero-order valence-corrected chi connectivity index (χ0v) is 18.4. The molecule has 8 heteroatoms. The third kappa shape index (κ3) is 2.44. The Bertz CT molecular complexity index is 1380. The number of anilines is 1. The fourth-order valence-electron chi connectivity index (χ4n) is 5.83.